The highest BCUT2D eigenvalue weighted by atomic mass is 16.2. The SMILES string of the molecule is O=C1NC(=O)C(=C2C(c3ccccc3)=C2c2ccccc2)N1. The molecule has 2 aliphatic rings. The van der Waals surface area contributed by atoms with Crippen LogP contribution in [0.5, 0.6) is 0 Å². The molecule has 1 aliphatic heterocycles. The molecule has 4 heteroatoms. The molecule has 0 bridgehead atoms. The normalized spacial score (nSPS) is 16.7. The van der Waals surface area contributed by atoms with Crippen LogP contribution < -0.4 is 10.6 Å². The summed E-state index contributed by atoms with van der Waals surface area (Å²) in [6.45, 7) is 0. The second-order valence-electron chi connectivity index (χ2n) is 5.14. The van der Waals surface area contributed by atoms with Crippen molar-refractivity contribution in [2.24, 2.45) is 0 Å². The highest BCUT2D eigenvalue weighted by Gasteiger charge is 2.40. The number of nitrogens with one attached hydrogen (secondary N) is 2. The number of amides is 3. The van der Waals surface area contributed by atoms with Crippen LogP contribution in [0.1, 0.15) is 11.1 Å². The molecule has 22 heavy (non-hydrogen) atoms. The molecular formula is C18H12N2O2. The minimum absolute atomic E-state index is 0.336. The number of benzene rings is 2. The molecule has 0 aromatic heterocycles. The van der Waals surface area contributed by atoms with Crippen LogP contribution in [0.3, 0.4) is 0 Å². The molecule has 1 saturated heterocycles. The first-order chi connectivity index (χ1) is 10.8. The Labute approximate surface area is 127 Å². The number of imide groups is 1. The van der Waals surface area contributed by atoms with Gasteiger partial charge in [0.1, 0.15) is 5.70 Å². The van der Waals surface area contributed by atoms with Crippen molar-refractivity contribution in [3.8, 4) is 0 Å². The summed E-state index contributed by atoms with van der Waals surface area (Å²) in [6, 6.07) is 19.3. The fourth-order valence-electron chi connectivity index (χ4n) is 2.77. The Bertz CT molecular complexity index is 798. The van der Waals surface area contributed by atoms with E-state index in [0.717, 1.165) is 27.8 Å². The van der Waals surface area contributed by atoms with Gasteiger partial charge < -0.3 is 5.32 Å². The summed E-state index contributed by atoms with van der Waals surface area (Å²) in [7, 11) is 0. The number of urea groups is 1. The Kier molecular flexibility index (Phi) is 2.69. The maximum Gasteiger partial charge on any atom is 0.326 e. The van der Waals surface area contributed by atoms with Gasteiger partial charge in [0.25, 0.3) is 5.91 Å². The maximum atomic E-state index is 11.9. The van der Waals surface area contributed by atoms with E-state index < -0.39 is 6.03 Å². The van der Waals surface area contributed by atoms with Crippen LogP contribution in [0.2, 0.25) is 0 Å². The molecule has 106 valence electrons. The van der Waals surface area contributed by atoms with Crippen molar-refractivity contribution in [1.82, 2.24) is 10.6 Å². The van der Waals surface area contributed by atoms with E-state index in [9.17, 15) is 9.59 Å². The van der Waals surface area contributed by atoms with Crippen LogP contribution in [0.15, 0.2) is 71.9 Å². The number of allylic oxidation sites excluding steroid dienone is 3. The number of hydrogen-bond acceptors (Lipinski definition) is 2. The van der Waals surface area contributed by atoms with Gasteiger partial charge in [0.05, 0.1) is 0 Å². The average Bonchev–Trinajstić information content (AvgIpc) is 3.20. The Balaban J connectivity index is 1.87. The molecule has 4 rings (SSSR count). The van der Waals surface area contributed by atoms with Crippen molar-refractivity contribution >= 4 is 23.1 Å². The van der Waals surface area contributed by atoms with E-state index in [0.29, 0.717) is 5.70 Å². The Morgan fingerprint density at radius 3 is 1.50 bits per heavy atom. The molecule has 0 saturated carbocycles. The minimum atomic E-state index is -0.473. The van der Waals surface area contributed by atoms with Gasteiger partial charge in [-0.1, -0.05) is 60.7 Å². The zero-order valence-electron chi connectivity index (χ0n) is 11.6. The van der Waals surface area contributed by atoms with E-state index in [1.807, 2.05) is 60.7 Å². The lowest BCUT2D eigenvalue weighted by Gasteiger charge is -1.96. The predicted octanol–water partition coefficient (Wildman–Crippen LogP) is 2.70. The van der Waals surface area contributed by atoms with Crippen LogP contribution in [-0.4, -0.2) is 11.9 Å². The number of carbonyl (C=O) groups excluding carboxylic acids is 2. The lowest BCUT2D eigenvalue weighted by molar-refractivity contribution is -0.115. The minimum Gasteiger partial charge on any atom is -0.302 e. The Morgan fingerprint density at radius 1 is 0.591 bits per heavy atom. The van der Waals surface area contributed by atoms with E-state index in [1.54, 1.807) is 0 Å². The number of carbonyl (C=O) groups is 2. The second-order valence-corrected chi connectivity index (χ2v) is 5.14. The molecule has 3 amide bonds. The van der Waals surface area contributed by atoms with Crippen LogP contribution in [0.4, 0.5) is 4.79 Å². The Morgan fingerprint density at radius 2 is 1.09 bits per heavy atom. The lowest BCUT2D eigenvalue weighted by Crippen LogP contribution is -2.22. The van der Waals surface area contributed by atoms with E-state index in [-0.39, 0.29) is 5.91 Å². The van der Waals surface area contributed by atoms with Gasteiger partial charge in [0.15, 0.2) is 0 Å². The molecule has 0 unspecified atom stereocenters. The summed E-state index contributed by atoms with van der Waals surface area (Å²) in [5.74, 6) is -0.376. The smallest absolute Gasteiger partial charge is 0.302 e. The van der Waals surface area contributed by atoms with Crippen molar-refractivity contribution in [1.29, 1.82) is 0 Å². The van der Waals surface area contributed by atoms with E-state index in [4.69, 9.17) is 0 Å². The van der Waals surface area contributed by atoms with E-state index >= 15 is 0 Å². The van der Waals surface area contributed by atoms with Gasteiger partial charge in [-0.3, -0.25) is 10.1 Å². The fraction of sp³-hybridized carbons (Fsp3) is 0. The van der Waals surface area contributed by atoms with Gasteiger partial charge in [-0.2, -0.15) is 0 Å². The van der Waals surface area contributed by atoms with Crippen LogP contribution in [0, 0.1) is 0 Å². The quantitative estimate of drug-likeness (QED) is 0.659. The molecule has 2 aromatic rings. The predicted molar refractivity (Wildman–Crippen MR) is 83.4 cm³/mol. The van der Waals surface area contributed by atoms with Gasteiger partial charge >= 0.3 is 6.03 Å². The zero-order chi connectivity index (χ0) is 15.1. The van der Waals surface area contributed by atoms with Crippen LogP contribution >= 0.6 is 0 Å². The Hall–Kier alpha value is -3.14. The van der Waals surface area contributed by atoms with Crippen LogP contribution in [-0.2, 0) is 4.79 Å². The number of rotatable bonds is 2. The molecule has 4 nitrogen and oxygen atoms in total. The average molecular weight is 288 g/mol. The third kappa shape index (κ3) is 1.93. The fourth-order valence-corrected chi connectivity index (χ4v) is 2.77. The molecule has 0 radical (unpaired) electrons. The first kappa shape index (κ1) is 12.6. The van der Waals surface area contributed by atoms with Crippen molar-refractivity contribution < 1.29 is 9.59 Å². The summed E-state index contributed by atoms with van der Waals surface area (Å²) in [4.78, 5) is 23.3. The maximum absolute atomic E-state index is 11.9. The third-order valence-electron chi connectivity index (χ3n) is 3.76. The molecule has 2 aromatic carbocycles. The summed E-state index contributed by atoms with van der Waals surface area (Å²) < 4.78 is 0. The molecule has 0 spiro atoms. The van der Waals surface area contributed by atoms with Gasteiger partial charge in [-0.05, 0) is 11.1 Å². The molecular weight excluding hydrogens is 276 g/mol. The summed E-state index contributed by atoms with van der Waals surface area (Å²) in [6.07, 6.45) is 0. The molecule has 1 fully saturated rings. The van der Waals surface area contributed by atoms with E-state index in [2.05, 4.69) is 10.6 Å². The lowest BCUT2D eigenvalue weighted by atomic mass is 10.1. The summed E-state index contributed by atoms with van der Waals surface area (Å²) in [5.41, 5.74) is 5.26. The summed E-state index contributed by atoms with van der Waals surface area (Å²) >= 11 is 0. The molecule has 2 N–H and O–H groups in total. The van der Waals surface area contributed by atoms with Gasteiger partial charge in [0, 0.05) is 16.7 Å². The van der Waals surface area contributed by atoms with Crippen molar-refractivity contribution in [2.75, 3.05) is 0 Å². The van der Waals surface area contributed by atoms with E-state index in [1.165, 1.54) is 0 Å². The zero-order valence-corrected chi connectivity index (χ0v) is 11.6. The standard InChI is InChI=1S/C18H12N2O2/c21-17-16(19-18(22)20-17)15-13(11-7-3-1-4-8-11)14(15)12-9-5-2-6-10-12/h1-10H,(H2,19,20,21,22). The third-order valence-corrected chi connectivity index (χ3v) is 3.76. The van der Waals surface area contributed by atoms with Crippen molar-refractivity contribution in [3.63, 3.8) is 0 Å². The first-order valence-corrected chi connectivity index (χ1v) is 6.98. The first-order valence-electron chi connectivity index (χ1n) is 6.98. The van der Waals surface area contributed by atoms with Crippen molar-refractivity contribution in [2.45, 2.75) is 0 Å². The second kappa shape index (κ2) is 4.70. The molecule has 0 atom stereocenters. The monoisotopic (exact) mass is 288 g/mol. The topological polar surface area (TPSA) is 58.2 Å². The summed E-state index contributed by atoms with van der Waals surface area (Å²) in [5, 5.41) is 4.86. The highest BCUT2D eigenvalue weighted by molar-refractivity contribution is 6.31. The van der Waals surface area contributed by atoms with Crippen LogP contribution in [0.25, 0.3) is 11.1 Å². The largest absolute Gasteiger partial charge is 0.326 e. The van der Waals surface area contributed by atoms with Gasteiger partial charge in [-0.25, -0.2) is 4.79 Å². The highest BCUT2D eigenvalue weighted by Crippen LogP contribution is 2.54. The van der Waals surface area contributed by atoms with Crippen molar-refractivity contribution in [3.05, 3.63) is 83.1 Å². The molecule has 1 aliphatic carbocycles. The number of hydrogen-bond donors (Lipinski definition) is 2. The molecule has 1 heterocycles. The van der Waals surface area contributed by atoms with Gasteiger partial charge in [0.2, 0.25) is 0 Å². The van der Waals surface area contributed by atoms with Gasteiger partial charge in [-0.15, -0.1) is 0 Å².